The lowest BCUT2D eigenvalue weighted by molar-refractivity contribution is -0.133. The van der Waals surface area contributed by atoms with Gasteiger partial charge in [0.15, 0.2) is 0 Å². The molecule has 1 aliphatic heterocycles. The average molecular weight is 313 g/mol. The fraction of sp³-hybridized carbons (Fsp3) is 0.733. The van der Waals surface area contributed by atoms with E-state index >= 15 is 0 Å². The van der Waals surface area contributed by atoms with Gasteiger partial charge in [-0.25, -0.2) is 0 Å². The monoisotopic (exact) mass is 312 g/mol. The van der Waals surface area contributed by atoms with Crippen LogP contribution in [0.15, 0.2) is 0 Å². The maximum absolute atomic E-state index is 12.3. The highest BCUT2D eigenvalue weighted by Crippen LogP contribution is 2.38. The van der Waals surface area contributed by atoms with E-state index in [1.54, 1.807) is 6.92 Å². The molecule has 1 fully saturated rings. The average Bonchev–Trinajstić information content (AvgIpc) is 2.94. The molecular formula is C15H25ClN4O. The minimum absolute atomic E-state index is 0.00965. The Kier molecular flexibility index (Phi) is 4.94. The van der Waals surface area contributed by atoms with Crippen molar-refractivity contribution < 1.29 is 4.79 Å². The third-order valence-corrected chi connectivity index (χ3v) is 4.30. The summed E-state index contributed by atoms with van der Waals surface area (Å²) in [7, 11) is 0. The van der Waals surface area contributed by atoms with E-state index in [0.717, 1.165) is 37.2 Å². The van der Waals surface area contributed by atoms with Crippen LogP contribution >= 0.6 is 11.6 Å². The first-order valence-electron chi connectivity index (χ1n) is 7.61. The molecule has 1 amide bonds. The molecule has 1 aromatic heterocycles. The fourth-order valence-corrected chi connectivity index (χ4v) is 3.37. The number of likely N-dealkylation sites (tertiary alicyclic amines) is 1. The van der Waals surface area contributed by atoms with Crippen molar-refractivity contribution in [3.8, 4) is 0 Å². The maximum atomic E-state index is 12.3. The van der Waals surface area contributed by atoms with Crippen LogP contribution in [-0.4, -0.2) is 33.2 Å². The standard InChI is InChI=1S/C15H25ClN4O/c1-9(2)8-20-14(16)13(11(4)18-20)12-6-5-7-19(12)15(21)10(3)17/h9-10,12H,5-8,17H2,1-4H3/t10-,12-/m1/s1. The number of halogens is 1. The molecule has 2 rings (SSSR count). The van der Waals surface area contributed by atoms with Crippen molar-refractivity contribution in [3.05, 3.63) is 16.4 Å². The van der Waals surface area contributed by atoms with Crippen LogP contribution in [0.3, 0.4) is 0 Å². The van der Waals surface area contributed by atoms with Crippen LogP contribution in [0, 0.1) is 12.8 Å². The Balaban J connectivity index is 2.32. The van der Waals surface area contributed by atoms with E-state index in [1.165, 1.54) is 0 Å². The molecule has 21 heavy (non-hydrogen) atoms. The molecular weight excluding hydrogens is 288 g/mol. The van der Waals surface area contributed by atoms with Crippen molar-refractivity contribution >= 4 is 17.5 Å². The first kappa shape index (κ1) is 16.3. The Morgan fingerprint density at radius 3 is 2.71 bits per heavy atom. The van der Waals surface area contributed by atoms with Crippen LogP contribution in [0.5, 0.6) is 0 Å². The highest BCUT2D eigenvalue weighted by Gasteiger charge is 2.35. The van der Waals surface area contributed by atoms with Gasteiger partial charge in [-0.2, -0.15) is 5.10 Å². The summed E-state index contributed by atoms with van der Waals surface area (Å²) in [5, 5.41) is 5.21. The lowest BCUT2D eigenvalue weighted by atomic mass is 10.1. The molecule has 0 aliphatic carbocycles. The van der Waals surface area contributed by atoms with Crippen LogP contribution in [0.1, 0.15) is 50.9 Å². The lowest BCUT2D eigenvalue weighted by Crippen LogP contribution is -2.41. The van der Waals surface area contributed by atoms with Crippen molar-refractivity contribution in [2.24, 2.45) is 11.7 Å². The normalized spacial score (nSPS) is 20.3. The van der Waals surface area contributed by atoms with Crippen LogP contribution in [0.4, 0.5) is 0 Å². The second kappa shape index (κ2) is 6.36. The van der Waals surface area contributed by atoms with Crippen molar-refractivity contribution in [2.45, 2.75) is 59.2 Å². The van der Waals surface area contributed by atoms with Gasteiger partial charge in [0.25, 0.3) is 0 Å². The molecule has 0 radical (unpaired) electrons. The Hall–Kier alpha value is -1.07. The summed E-state index contributed by atoms with van der Waals surface area (Å²) in [5.74, 6) is 0.463. The van der Waals surface area contributed by atoms with Crippen molar-refractivity contribution in [2.75, 3.05) is 6.54 Å². The predicted molar refractivity (Wildman–Crippen MR) is 84.1 cm³/mol. The summed E-state index contributed by atoms with van der Waals surface area (Å²) in [4.78, 5) is 14.1. The van der Waals surface area contributed by atoms with Crippen molar-refractivity contribution in [1.29, 1.82) is 0 Å². The number of hydrogen-bond acceptors (Lipinski definition) is 3. The molecule has 0 unspecified atom stereocenters. The van der Waals surface area contributed by atoms with Crippen molar-refractivity contribution in [1.82, 2.24) is 14.7 Å². The van der Waals surface area contributed by atoms with Gasteiger partial charge in [-0.3, -0.25) is 9.48 Å². The number of carbonyl (C=O) groups excluding carboxylic acids is 1. The molecule has 0 aromatic carbocycles. The predicted octanol–water partition coefficient (Wildman–Crippen LogP) is 2.51. The van der Waals surface area contributed by atoms with Crippen LogP contribution in [-0.2, 0) is 11.3 Å². The van der Waals surface area contributed by atoms with Crippen LogP contribution < -0.4 is 5.73 Å². The van der Waals surface area contributed by atoms with Gasteiger partial charge < -0.3 is 10.6 Å². The van der Waals surface area contributed by atoms with E-state index in [9.17, 15) is 4.79 Å². The van der Waals surface area contributed by atoms with Gasteiger partial charge in [0, 0.05) is 18.7 Å². The fourth-order valence-electron chi connectivity index (χ4n) is 3.00. The third kappa shape index (κ3) is 3.24. The number of carbonyl (C=O) groups is 1. The van der Waals surface area contributed by atoms with E-state index in [2.05, 4.69) is 18.9 Å². The van der Waals surface area contributed by atoms with E-state index < -0.39 is 6.04 Å². The molecule has 0 bridgehead atoms. The molecule has 2 atom stereocenters. The molecule has 1 aliphatic rings. The van der Waals surface area contributed by atoms with E-state index in [0.29, 0.717) is 11.1 Å². The number of aromatic nitrogens is 2. The Bertz CT molecular complexity index is 524. The van der Waals surface area contributed by atoms with Crippen LogP contribution in [0.2, 0.25) is 5.15 Å². The summed E-state index contributed by atoms with van der Waals surface area (Å²) in [6.07, 6.45) is 1.90. The molecule has 1 aromatic rings. The number of aryl methyl sites for hydroxylation is 1. The highest BCUT2D eigenvalue weighted by molar-refractivity contribution is 6.30. The van der Waals surface area contributed by atoms with Crippen molar-refractivity contribution in [3.63, 3.8) is 0 Å². The molecule has 6 heteroatoms. The summed E-state index contributed by atoms with van der Waals surface area (Å²) >= 11 is 6.53. The quantitative estimate of drug-likeness (QED) is 0.929. The first-order valence-corrected chi connectivity index (χ1v) is 7.99. The number of nitrogens with zero attached hydrogens (tertiary/aromatic N) is 3. The maximum Gasteiger partial charge on any atom is 0.239 e. The van der Waals surface area contributed by atoms with Gasteiger partial charge in [-0.15, -0.1) is 0 Å². The van der Waals surface area contributed by atoms with Gasteiger partial charge in [0.05, 0.1) is 17.8 Å². The van der Waals surface area contributed by atoms with Gasteiger partial charge in [0.1, 0.15) is 5.15 Å². The highest BCUT2D eigenvalue weighted by atomic mass is 35.5. The number of nitrogens with two attached hydrogens (primary N) is 1. The minimum atomic E-state index is -0.476. The van der Waals surface area contributed by atoms with Gasteiger partial charge >= 0.3 is 0 Å². The Morgan fingerprint density at radius 1 is 1.48 bits per heavy atom. The summed E-state index contributed by atoms with van der Waals surface area (Å²) in [6.45, 7) is 9.49. The topological polar surface area (TPSA) is 64.2 Å². The zero-order chi connectivity index (χ0) is 15.7. The first-order chi connectivity index (χ1) is 9.82. The second-order valence-electron chi connectivity index (χ2n) is 6.34. The number of amides is 1. The molecule has 0 spiro atoms. The number of hydrogen-bond donors (Lipinski definition) is 1. The van der Waals surface area contributed by atoms with Crippen LogP contribution in [0.25, 0.3) is 0 Å². The smallest absolute Gasteiger partial charge is 0.239 e. The second-order valence-corrected chi connectivity index (χ2v) is 6.70. The molecule has 0 saturated carbocycles. The largest absolute Gasteiger partial charge is 0.334 e. The lowest BCUT2D eigenvalue weighted by Gasteiger charge is -2.26. The van der Waals surface area contributed by atoms with E-state index in [-0.39, 0.29) is 11.9 Å². The van der Waals surface area contributed by atoms with E-state index in [4.69, 9.17) is 17.3 Å². The zero-order valence-corrected chi connectivity index (χ0v) is 14.0. The van der Waals surface area contributed by atoms with Gasteiger partial charge in [-0.1, -0.05) is 25.4 Å². The Labute approximate surface area is 131 Å². The van der Waals surface area contributed by atoms with Gasteiger partial charge in [-0.05, 0) is 32.6 Å². The molecule has 118 valence electrons. The van der Waals surface area contributed by atoms with E-state index in [1.807, 2.05) is 16.5 Å². The molecule has 5 nitrogen and oxygen atoms in total. The molecule has 2 N–H and O–H groups in total. The molecule has 2 heterocycles. The third-order valence-electron chi connectivity index (χ3n) is 3.91. The Morgan fingerprint density at radius 2 is 2.14 bits per heavy atom. The SMILES string of the molecule is Cc1nn(CC(C)C)c(Cl)c1[C@H]1CCCN1C(=O)[C@@H](C)N. The zero-order valence-electron chi connectivity index (χ0n) is 13.3. The minimum Gasteiger partial charge on any atom is -0.334 e. The van der Waals surface area contributed by atoms with Gasteiger partial charge in [0.2, 0.25) is 5.91 Å². The number of rotatable bonds is 4. The summed E-state index contributed by atoms with van der Waals surface area (Å²) in [6, 6.07) is -0.465. The molecule has 1 saturated heterocycles. The summed E-state index contributed by atoms with van der Waals surface area (Å²) < 4.78 is 1.85. The summed E-state index contributed by atoms with van der Waals surface area (Å²) in [5.41, 5.74) is 7.66.